The quantitative estimate of drug-likeness (QED) is 0.233. The van der Waals surface area contributed by atoms with Gasteiger partial charge >= 0.3 is 6.18 Å². The first-order valence-electron chi connectivity index (χ1n) is 9.67. The van der Waals surface area contributed by atoms with Crippen LogP contribution in [-0.2, 0) is 6.18 Å². The van der Waals surface area contributed by atoms with E-state index in [0.717, 1.165) is 24.4 Å². The Morgan fingerprint density at radius 1 is 1.14 bits per heavy atom. The summed E-state index contributed by atoms with van der Waals surface area (Å²) >= 11 is 6.16. The third kappa shape index (κ3) is 4.66. The standard InChI is InChI=1S/C22H11ClF5N7O/c1-2-10-5-17(25)34-19(29)18(10)13-7-15(23)12(8-16(13)24)21(36)33-11-6-14(22(26,27)28)20(30-9-11)35-31-3-4-32-35/h1,3-9H,(H2,29,34)(H,33,36). The Bertz CT molecular complexity index is 1530. The second-order valence-corrected chi connectivity index (χ2v) is 7.48. The zero-order valence-corrected chi connectivity index (χ0v) is 18.4. The summed E-state index contributed by atoms with van der Waals surface area (Å²) in [4.78, 5) is 20.5. The van der Waals surface area contributed by atoms with E-state index >= 15 is 0 Å². The molecule has 1 aromatic carbocycles. The van der Waals surface area contributed by atoms with E-state index in [9.17, 15) is 26.7 Å². The number of benzene rings is 1. The number of rotatable bonds is 4. The third-order valence-corrected chi connectivity index (χ3v) is 5.09. The average Bonchev–Trinajstić information content (AvgIpc) is 3.34. The third-order valence-electron chi connectivity index (χ3n) is 4.78. The molecule has 0 aliphatic rings. The number of nitrogen functional groups attached to an aromatic ring is 1. The zero-order chi connectivity index (χ0) is 26.2. The predicted octanol–water partition coefficient (Wildman–Crippen LogP) is 4.49. The first-order valence-corrected chi connectivity index (χ1v) is 10.0. The summed E-state index contributed by atoms with van der Waals surface area (Å²) in [7, 11) is 0. The van der Waals surface area contributed by atoms with Gasteiger partial charge in [0.1, 0.15) is 17.2 Å². The Kier molecular flexibility index (Phi) is 6.30. The van der Waals surface area contributed by atoms with Crippen LogP contribution in [0.5, 0.6) is 0 Å². The van der Waals surface area contributed by atoms with E-state index < -0.39 is 46.6 Å². The highest BCUT2D eigenvalue weighted by Gasteiger charge is 2.36. The minimum atomic E-state index is -4.86. The summed E-state index contributed by atoms with van der Waals surface area (Å²) < 4.78 is 69.2. The minimum Gasteiger partial charge on any atom is -0.383 e. The SMILES string of the molecule is C#Cc1cc(F)nc(N)c1-c1cc(Cl)c(C(=O)Nc2cnc(-n3nccn3)c(C(F)(F)F)c2)cc1F. The van der Waals surface area contributed by atoms with E-state index in [1.807, 2.05) is 0 Å². The van der Waals surface area contributed by atoms with Crippen molar-refractivity contribution in [2.24, 2.45) is 0 Å². The molecular weight excluding hydrogens is 509 g/mol. The van der Waals surface area contributed by atoms with Gasteiger partial charge in [0, 0.05) is 22.8 Å². The van der Waals surface area contributed by atoms with Gasteiger partial charge in [-0.2, -0.15) is 27.8 Å². The molecule has 0 radical (unpaired) electrons. The van der Waals surface area contributed by atoms with E-state index in [0.29, 0.717) is 10.9 Å². The van der Waals surface area contributed by atoms with Crippen molar-refractivity contribution in [2.45, 2.75) is 6.18 Å². The number of amides is 1. The Labute approximate surface area is 203 Å². The molecule has 3 N–H and O–H groups in total. The van der Waals surface area contributed by atoms with E-state index in [1.165, 1.54) is 12.4 Å². The van der Waals surface area contributed by atoms with Gasteiger partial charge in [-0.25, -0.2) is 14.4 Å². The van der Waals surface area contributed by atoms with Crippen LogP contribution in [0.1, 0.15) is 21.5 Å². The van der Waals surface area contributed by atoms with Gasteiger partial charge in [0.2, 0.25) is 5.95 Å². The van der Waals surface area contributed by atoms with Gasteiger partial charge in [-0.05, 0) is 18.2 Å². The van der Waals surface area contributed by atoms with Crippen LogP contribution in [0.2, 0.25) is 5.02 Å². The number of nitrogens with two attached hydrogens (primary N) is 1. The number of nitrogens with one attached hydrogen (secondary N) is 1. The van der Waals surface area contributed by atoms with E-state index in [1.54, 1.807) is 0 Å². The van der Waals surface area contributed by atoms with Crippen molar-refractivity contribution in [1.29, 1.82) is 0 Å². The summed E-state index contributed by atoms with van der Waals surface area (Å²) in [6.07, 6.45) is 3.76. The largest absolute Gasteiger partial charge is 0.420 e. The minimum absolute atomic E-state index is 0.107. The lowest BCUT2D eigenvalue weighted by molar-refractivity contribution is -0.137. The lowest BCUT2D eigenvalue weighted by atomic mass is 9.98. The van der Waals surface area contributed by atoms with Crippen LogP contribution in [-0.4, -0.2) is 30.9 Å². The molecule has 14 heteroatoms. The number of carbonyl (C=O) groups is 1. The molecule has 0 unspecified atom stereocenters. The van der Waals surface area contributed by atoms with E-state index in [-0.39, 0.29) is 27.4 Å². The highest BCUT2D eigenvalue weighted by Crippen LogP contribution is 2.36. The van der Waals surface area contributed by atoms with Crippen LogP contribution in [0.3, 0.4) is 0 Å². The summed E-state index contributed by atoms with van der Waals surface area (Å²) in [5.41, 5.74) is 3.21. The molecule has 0 fully saturated rings. The second-order valence-electron chi connectivity index (χ2n) is 7.07. The van der Waals surface area contributed by atoms with Gasteiger partial charge in [0.05, 0.1) is 34.9 Å². The highest BCUT2D eigenvalue weighted by atomic mass is 35.5. The van der Waals surface area contributed by atoms with Crippen molar-refractivity contribution in [3.8, 4) is 29.3 Å². The molecule has 0 saturated carbocycles. The van der Waals surface area contributed by atoms with Crippen molar-refractivity contribution < 1.29 is 26.7 Å². The number of nitrogens with zero attached hydrogens (tertiary/aromatic N) is 5. The highest BCUT2D eigenvalue weighted by molar-refractivity contribution is 6.34. The van der Waals surface area contributed by atoms with Gasteiger partial charge in [-0.3, -0.25) is 4.79 Å². The van der Waals surface area contributed by atoms with Crippen molar-refractivity contribution in [3.63, 3.8) is 0 Å². The average molecular weight is 520 g/mol. The van der Waals surface area contributed by atoms with Gasteiger partial charge in [-0.1, -0.05) is 17.5 Å². The predicted molar refractivity (Wildman–Crippen MR) is 119 cm³/mol. The van der Waals surface area contributed by atoms with Gasteiger partial charge in [0.25, 0.3) is 5.91 Å². The molecule has 0 aliphatic carbocycles. The molecule has 3 aromatic heterocycles. The molecule has 36 heavy (non-hydrogen) atoms. The molecule has 182 valence electrons. The van der Waals surface area contributed by atoms with Crippen LogP contribution in [0.25, 0.3) is 16.9 Å². The maximum Gasteiger partial charge on any atom is 0.420 e. The van der Waals surface area contributed by atoms with Crippen LogP contribution < -0.4 is 11.1 Å². The molecule has 0 spiro atoms. The van der Waals surface area contributed by atoms with Gasteiger partial charge in [0.15, 0.2) is 5.82 Å². The fourth-order valence-corrected chi connectivity index (χ4v) is 3.51. The first-order chi connectivity index (χ1) is 17.0. The van der Waals surface area contributed by atoms with Crippen LogP contribution in [0.4, 0.5) is 33.5 Å². The number of aromatic nitrogens is 5. The number of anilines is 2. The molecule has 0 saturated heterocycles. The number of hydrogen-bond acceptors (Lipinski definition) is 6. The lowest BCUT2D eigenvalue weighted by Crippen LogP contribution is -2.17. The van der Waals surface area contributed by atoms with Gasteiger partial charge in [-0.15, -0.1) is 11.2 Å². The molecule has 1 amide bonds. The van der Waals surface area contributed by atoms with Crippen LogP contribution in [0, 0.1) is 24.1 Å². The topological polar surface area (TPSA) is 112 Å². The summed E-state index contributed by atoms with van der Waals surface area (Å²) in [5.74, 6) is -1.89. The summed E-state index contributed by atoms with van der Waals surface area (Å²) in [6.45, 7) is 0. The molecule has 0 aliphatic heterocycles. The van der Waals surface area contributed by atoms with Crippen molar-refractivity contribution in [1.82, 2.24) is 25.0 Å². The summed E-state index contributed by atoms with van der Waals surface area (Å²) in [5, 5.41) is 9.15. The molecule has 4 rings (SSSR count). The number of hydrogen-bond donors (Lipinski definition) is 2. The number of pyridine rings is 2. The van der Waals surface area contributed by atoms with Crippen molar-refractivity contribution >= 4 is 29.0 Å². The Morgan fingerprint density at radius 3 is 2.47 bits per heavy atom. The Hall–Kier alpha value is -4.57. The number of terminal acetylenes is 1. The van der Waals surface area contributed by atoms with Gasteiger partial charge < -0.3 is 11.1 Å². The summed E-state index contributed by atoms with van der Waals surface area (Å²) in [6, 6.07) is 3.24. The normalized spacial score (nSPS) is 11.2. The fraction of sp³-hybridized carbons (Fsp3) is 0.0455. The van der Waals surface area contributed by atoms with Crippen molar-refractivity contribution in [3.05, 3.63) is 76.3 Å². The number of halogens is 6. The second kappa shape index (κ2) is 9.23. The smallest absolute Gasteiger partial charge is 0.383 e. The molecule has 0 atom stereocenters. The Morgan fingerprint density at radius 2 is 1.83 bits per heavy atom. The van der Waals surface area contributed by atoms with E-state index in [4.69, 9.17) is 23.8 Å². The van der Waals surface area contributed by atoms with E-state index in [2.05, 4.69) is 31.4 Å². The molecule has 8 nitrogen and oxygen atoms in total. The first kappa shape index (κ1) is 24.6. The zero-order valence-electron chi connectivity index (χ0n) is 17.6. The molecular formula is C22H11ClF5N7O. The maximum atomic E-state index is 15.0. The molecule has 3 heterocycles. The van der Waals surface area contributed by atoms with Crippen molar-refractivity contribution in [2.75, 3.05) is 11.1 Å². The number of alkyl halides is 3. The Balaban J connectivity index is 1.70. The van der Waals surface area contributed by atoms with Crippen LogP contribution in [0.15, 0.2) is 42.9 Å². The molecule has 0 bridgehead atoms. The molecule has 4 aromatic rings. The lowest BCUT2D eigenvalue weighted by Gasteiger charge is -2.14. The monoisotopic (exact) mass is 519 g/mol. The maximum absolute atomic E-state index is 15.0. The fourth-order valence-electron chi connectivity index (χ4n) is 3.26. The van der Waals surface area contributed by atoms with Crippen LogP contribution >= 0.6 is 11.6 Å². The number of carbonyl (C=O) groups excluding carboxylic acids is 1.